The van der Waals surface area contributed by atoms with Crippen LogP contribution in [0.5, 0.6) is 0 Å². The smallest absolute Gasteiger partial charge is 0.238 e. The highest BCUT2D eigenvalue weighted by molar-refractivity contribution is 7.12. The summed E-state index contributed by atoms with van der Waals surface area (Å²) in [7, 11) is 0. The number of carbonyl (C=O) groups is 3. The van der Waals surface area contributed by atoms with Crippen LogP contribution in [0.2, 0.25) is 0 Å². The normalized spacial score (nSPS) is 24.6. The van der Waals surface area contributed by atoms with Crippen molar-refractivity contribution in [2.75, 3.05) is 10.2 Å². The molecule has 1 fully saturated rings. The van der Waals surface area contributed by atoms with E-state index in [2.05, 4.69) is 22.4 Å². The number of allylic oxidation sites excluding steroid dienone is 1. The van der Waals surface area contributed by atoms with Gasteiger partial charge in [-0.3, -0.25) is 14.4 Å². The van der Waals surface area contributed by atoms with Crippen LogP contribution in [0.1, 0.15) is 43.6 Å². The molecule has 5 nitrogen and oxygen atoms in total. The van der Waals surface area contributed by atoms with Gasteiger partial charge in [-0.25, -0.2) is 0 Å². The highest BCUT2D eigenvalue weighted by atomic mass is 32.1. The van der Waals surface area contributed by atoms with Gasteiger partial charge in [-0.2, -0.15) is 0 Å². The third kappa shape index (κ3) is 3.21. The minimum atomic E-state index is -1.29. The molecule has 1 amide bonds. The first-order valence-corrected chi connectivity index (χ1v) is 14.0. The molecule has 1 spiro atoms. The first-order chi connectivity index (χ1) is 18.9. The first kappa shape index (κ1) is 23.8. The van der Waals surface area contributed by atoms with Gasteiger partial charge in [-0.1, -0.05) is 72.3 Å². The zero-order chi connectivity index (χ0) is 26.9. The van der Waals surface area contributed by atoms with Gasteiger partial charge in [0.25, 0.3) is 0 Å². The second-order valence-corrected chi connectivity index (χ2v) is 11.5. The number of amides is 1. The van der Waals surface area contributed by atoms with E-state index < -0.39 is 23.4 Å². The van der Waals surface area contributed by atoms with Gasteiger partial charge < -0.3 is 10.2 Å². The van der Waals surface area contributed by atoms with E-state index in [1.165, 1.54) is 11.3 Å². The van der Waals surface area contributed by atoms with Crippen molar-refractivity contribution >= 4 is 45.8 Å². The Balaban J connectivity index is 1.57. The molecule has 39 heavy (non-hydrogen) atoms. The summed E-state index contributed by atoms with van der Waals surface area (Å²) in [5, 5.41) is 4.96. The van der Waals surface area contributed by atoms with Gasteiger partial charge in [-0.15, -0.1) is 11.3 Å². The minimum Gasteiger partial charge on any atom is -0.352 e. The van der Waals surface area contributed by atoms with Crippen molar-refractivity contribution in [3.8, 4) is 0 Å². The van der Waals surface area contributed by atoms with E-state index >= 15 is 0 Å². The molecule has 1 aromatic heterocycles. The maximum Gasteiger partial charge on any atom is 0.238 e. The Bertz CT molecular complexity index is 1690. The number of aryl methyl sites for hydroxylation is 1. The quantitative estimate of drug-likeness (QED) is 0.314. The molecule has 3 aliphatic heterocycles. The molecule has 4 heterocycles. The van der Waals surface area contributed by atoms with Gasteiger partial charge in [0.2, 0.25) is 5.91 Å². The molecule has 0 bridgehead atoms. The summed E-state index contributed by atoms with van der Waals surface area (Å²) < 4.78 is 0. The van der Waals surface area contributed by atoms with Gasteiger partial charge in [0.15, 0.2) is 11.6 Å². The molecule has 7 rings (SSSR count). The van der Waals surface area contributed by atoms with Crippen LogP contribution in [0.25, 0.3) is 5.57 Å². The van der Waals surface area contributed by atoms with Gasteiger partial charge in [0.1, 0.15) is 11.5 Å². The SMILES string of the molecule is CC1=CC2N(c3ccc(C)cc31)C(C(=O)c1cccs1)C(C(=O)c1ccccc1)C21C(=O)Nc2ccccc21. The van der Waals surface area contributed by atoms with Crippen LogP contribution in [0.15, 0.2) is 96.4 Å². The van der Waals surface area contributed by atoms with Crippen molar-refractivity contribution in [3.63, 3.8) is 0 Å². The zero-order valence-electron chi connectivity index (χ0n) is 21.5. The van der Waals surface area contributed by atoms with Crippen LogP contribution >= 0.6 is 11.3 Å². The second kappa shape index (κ2) is 8.61. The standard InChI is InChI=1S/C33H26N2O3S/c1-19-14-15-25-22(17-19)20(2)18-27-33(23-11-6-7-12-24(23)34-32(33)38)28(30(36)21-9-4-3-5-10-21)29(35(25)27)31(37)26-13-8-16-39-26/h3-18,27-29H,1-2H3,(H,34,38). The molecule has 0 radical (unpaired) electrons. The molecule has 3 aliphatic rings. The Hall–Kier alpha value is -4.29. The lowest BCUT2D eigenvalue weighted by molar-refractivity contribution is -0.121. The Morgan fingerprint density at radius 3 is 2.44 bits per heavy atom. The molecule has 4 atom stereocenters. The number of nitrogens with one attached hydrogen (secondary N) is 1. The highest BCUT2D eigenvalue weighted by Gasteiger charge is 2.70. The van der Waals surface area contributed by atoms with Crippen LogP contribution in [0.4, 0.5) is 11.4 Å². The van der Waals surface area contributed by atoms with Crippen molar-refractivity contribution in [3.05, 3.63) is 124 Å². The van der Waals surface area contributed by atoms with Crippen LogP contribution in [0, 0.1) is 12.8 Å². The van der Waals surface area contributed by atoms with E-state index in [-0.39, 0.29) is 17.5 Å². The van der Waals surface area contributed by atoms with E-state index in [1.807, 2.05) is 79.9 Å². The number of Topliss-reactive ketones (excluding diaryl/α,β-unsaturated/α-hetero) is 2. The van der Waals surface area contributed by atoms with Crippen molar-refractivity contribution in [1.82, 2.24) is 0 Å². The summed E-state index contributed by atoms with van der Waals surface area (Å²) in [5.41, 5.74) is 4.69. The number of thiophene rings is 1. The van der Waals surface area contributed by atoms with Crippen LogP contribution in [0.3, 0.4) is 0 Å². The van der Waals surface area contributed by atoms with Gasteiger partial charge in [-0.05, 0) is 54.6 Å². The average Bonchev–Trinajstić information content (AvgIpc) is 3.66. The number of anilines is 2. The number of fused-ring (bicyclic) bond motifs is 6. The monoisotopic (exact) mass is 530 g/mol. The fourth-order valence-electron chi connectivity index (χ4n) is 6.89. The average molecular weight is 531 g/mol. The second-order valence-electron chi connectivity index (χ2n) is 10.6. The van der Waals surface area contributed by atoms with E-state index in [0.29, 0.717) is 16.1 Å². The third-order valence-electron chi connectivity index (χ3n) is 8.51. The summed E-state index contributed by atoms with van der Waals surface area (Å²) in [6.45, 7) is 4.09. The first-order valence-electron chi connectivity index (χ1n) is 13.1. The van der Waals surface area contributed by atoms with E-state index in [9.17, 15) is 14.4 Å². The molecule has 0 aliphatic carbocycles. The summed E-state index contributed by atoms with van der Waals surface area (Å²) in [6, 6.07) is 25.1. The number of carbonyl (C=O) groups excluding carboxylic acids is 3. The summed E-state index contributed by atoms with van der Waals surface area (Å²) in [6.07, 6.45) is 2.09. The number of rotatable bonds is 4. The highest BCUT2D eigenvalue weighted by Crippen LogP contribution is 2.59. The molecule has 4 unspecified atom stereocenters. The number of para-hydroxylation sites is 1. The van der Waals surface area contributed by atoms with Gasteiger partial charge >= 0.3 is 0 Å². The lowest BCUT2D eigenvalue weighted by Gasteiger charge is -2.39. The largest absolute Gasteiger partial charge is 0.352 e. The summed E-state index contributed by atoms with van der Waals surface area (Å²) in [5.74, 6) is -1.53. The van der Waals surface area contributed by atoms with Crippen molar-refractivity contribution in [2.24, 2.45) is 5.92 Å². The molecule has 0 saturated carbocycles. The lowest BCUT2D eigenvalue weighted by atomic mass is 9.64. The molecular formula is C33H26N2O3S. The number of ketones is 2. The number of hydrogen-bond acceptors (Lipinski definition) is 5. The van der Waals surface area contributed by atoms with Crippen molar-refractivity contribution in [1.29, 1.82) is 0 Å². The zero-order valence-corrected chi connectivity index (χ0v) is 22.4. The predicted molar refractivity (Wildman–Crippen MR) is 155 cm³/mol. The molecule has 1 saturated heterocycles. The Kier molecular flexibility index (Phi) is 5.26. The Morgan fingerprint density at radius 1 is 0.897 bits per heavy atom. The van der Waals surface area contributed by atoms with Crippen LogP contribution in [-0.4, -0.2) is 29.6 Å². The van der Waals surface area contributed by atoms with Crippen LogP contribution < -0.4 is 10.2 Å². The van der Waals surface area contributed by atoms with E-state index in [1.54, 1.807) is 18.2 Å². The minimum absolute atomic E-state index is 0.141. The van der Waals surface area contributed by atoms with Gasteiger partial charge in [0, 0.05) is 22.5 Å². The third-order valence-corrected chi connectivity index (χ3v) is 9.39. The molecule has 6 heteroatoms. The predicted octanol–water partition coefficient (Wildman–Crippen LogP) is 6.30. The molecular weight excluding hydrogens is 504 g/mol. The number of nitrogens with zero attached hydrogens (tertiary/aromatic N) is 1. The van der Waals surface area contributed by atoms with Crippen molar-refractivity contribution in [2.45, 2.75) is 31.3 Å². The fraction of sp³-hybridized carbons (Fsp3) is 0.182. The topological polar surface area (TPSA) is 66.5 Å². The maximum absolute atomic E-state index is 14.7. The maximum atomic E-state index is 14.7. The van der Waals surface area contributed by atoms with E-state index in [4.69, 9.17) is 0 Å². The molecule has 4 aromatic rings. The Morgan fingerprint density at radius 2 is 1.67 bits per heavy atom. The molecule has 1 N–H and O–H groups in total. The fourth-order valence-corrected chi connectivity index (χ4v) is 7.59. The van der Waals surface area contributed by atoms with Crippen LogP contribution in [-0.2, 0) is 10.2 Å². The van der Waals surface area contributed by atoms with Crippen molar-refractivity contribution < 1.29 is 14.4 Å². The van der Waals surface area contributed by atoms with E-state index in [0.717, 1.165) is 28.0 Å². The number of hydrogen-bond donors (Lipinski definition) is 1. The van der Waals surface area contributed by atoms with Gasteiger partial charge in [0.05, 0.1) is 16.8 Å². The molecule has 3 aromatic carbocycles. The summed E-state index contributed by atoms with van der Waals surface area (Å²) >= 11 is 1.37. The Labute approximate surface area is 230 Å². The lowest BCUT2D eigenvalue weighted by Crippen LogP contribution is -2.51. The number of benzene rings is 3. The summed E-state index contributed by atoms with van der Waals surface area (Å²) in [4.78, 5) is 46.2. The molecule has 192 valence electrons.